The van der Waals surface area contributed by atoms with Crippen molar-refractivity contribution >= 4 is 11.5 Å². The fourth-order valence-corrected chi connectivity index (χ4v) is 2.87. The lowest BCUT2D eigenvalue weighted by molar-refractivity contribution is 0.353. The van der Waals surface area contributed by atoms with Crippen LogP contribution in [0.25, 0.3) is 0 Å². The SMILES string of the molecule is Cc1nn(C)c(N2CC(C)CC(C)C2)c1N. The molecule has 0 saturated carbocycles. The van der Waals surface area contributed by atoms with Crippen LogP contribution >= 0.6 is 0 Å². The van der Waals surface area contributed by atoms with Gasteiger partial charge in [-0.1, -0.05) is 13.8 Å². The van der Waals surface area contributed by atoms with Gasteiger partial charge < -0.3 is 10.6 Å². The first-order valence-corrected chi connectivity index (χ1v) is 6.03. The van der Waals surface area contributed by atoms with Crippen LogP contribution in [-0.2, 0) is 7.05 Å². The predicted octanol–water partition coefficient (Wildman–Crippen LogP) is 1.79. The van der Waals surface area contributed by atoms with Gasteiger partial charge in [0.25, 0.3) is 0 Å². The summed E-state index contributed by atoms with van der Waals surface area (Å²) in [7, 11) is 1.97. The van der Waals surface area contributed by atoms with Crippen LogP contribution in [0.2, 0.25) is 0 Å². The molecule has 1 aromatic heterocycles. The van der Waals surface area contributed by atoms with Crippen LogP contribution in [0.5, 0.6) is 0 Å². The van der Waals surface area contributed by atoms with Gasteiger partial charge >= 0.3 is 0 Å². The second-order valence-electron chi connectivity index (χ2n) is 5.30. The second-order valence-corrected chi connectivity index (χ2v) is 5.30. The molecule has 1 aliphatic rings. The molecule has 1 fully saturated rings. The molecule has 0 aliphatic carbocycles. The molecule has 0 radical (unpaired) electrons. The third kappa shape index (κ3) is 1.88. The van der Waals surface area contributed by atoms with Crippen LogP contribution in [-0.4, -0.2) is 22.9 Å². The Hall–Kier alpha value is -1.19. The average molecular weight is 222 g/mol. The molecular weight excluding hydrogens is 200 g/mol. The van der Waals surface area contributed by atoms with Gasteiger partial charge in [-0.05, 0) is 25.2 Å². The van der Waals surface area contributed by atoms with Crippen LogP contribution in [0, 0.1) is 18.8 Å². The largest absolute Gasteiger partial charge is 0.394 e. The van der Waals surface area contributed by atoms with E-state index >= 15 is 0 Å². The Morgan fingerprint density at radius 1 is 1.25 bits per heavy atom. The van der Waals surface area contributed by atoms with Crippen LogP contribution in [0.15, 0.2) is 0 Å². The first-order chi connectivity index (χ1) is 7.49. The maximum Gasteiger partial charge on any atom is 0.150 e. The van der Waals surface area contributed by atoms with Gasteiger partial charge in [-0.3, -0.25) is 4.68 Å². The summed E-state index contributed by atoms with van der Waals surface area (Å²) in [6.45, 7) is 8.76. The summed E-state index contributed by atoms with van der Waals surface area (Å²) < 4.78 is 1.91. The summed E-state index contributed by atoms with van der Waals surface area (Å²) in [4.78, 5) is 2.38. The summed E-state index contributed by atoms with van der Waals surface area (Å²) in [6.07, 6.45) is 1.31. The van der Waals surface area contributed by atoms with E-state index in [1.54, 1.807) is 0 Å². The van der Waals surface area contributed by atoms with E-state index in [1.165, 1.54) is 6.42 Å². The van der Waals surface area contributed by atoms with Gasteiger partial charge in [0.2, 0.25) is 0 Å². The van der Waals surface area contributed by atoms with Crippen molar-refractivity contribution in [3.8, 4) is 0 Å². The van der Waals surface area contributed by atoms with E-state index in [0.29, 0.717) is 0 Å². The lowest BCUT2D eigenvalue weighted by atomic mass is 9.92. The van der Waals surface area contributed by atoms with Crippen molar-refractivity contribution < 1.29 is 0 Å². The second kappa shape index (κ2) is 4.00. The molecule has 4 nitrogen and oxygen atoms in total. The van der Waals surface area contributed by atoms with Crippen LogP contribution in [0.1, 0.15) is 26.0 Å². The zero-order valence-corrected chi connectivity index (χ0v) is 10.7. The van der Waals surface area contributed by atoms with Crippen molar-refractivity contribution in [1.82, 2.24) is 9.78 Å². The average Bonchev–Trinajstić information content (AvgIpc) is 2.39. The van der Waals surface area contributed by atoms with Crippen molar-refractivity contribution in [2.45, 2.75) is 27.2 Å². The fraction of sp³-hybridized carbons (Fsp3) is 0.750. The van der Waals surface area contributed by atoms with E-state index in [1.807, 2.05) is 18.7 Å². The zero-order valence-electron chi connectivity index (χ0n) is 10.7. The first-order valence-electron chi connectivity index (χ1n) is 6.03. The number of aromatic nitrogens is 2. The molecule has 2 heterocycles. The maximum absolute atomic E-state index is 6.10. The number of piperidine rings is 1. The molecule has 0 spiro atoms. The normalized spacial score (nSPS) is 26.1. The summed E-state index contributed by atoms with van der Waals surface area (Å²) in [5, 5.41) is 4.39. The highest BCUT2D eigenvalue weighted by Gasteiger charge is 2.26. The van der Waals surface area contributed by atoms with Gasteiger partial charge in [0.05, 0.1) is 11.4 Å². The Labute approximate surface area is 97.4 Å². The van der Waals surface area contributed by atoms with Gasteiger partial charge in [-0.15, -0.1) is 0 Å². The molecule has 2 rings (SSSR count). The topological polar surface area (TPSA) is 47.1 Å². The Morgan fingerprint density at radius 2 is 1.81 bits per heavy atom. The Balaban J connectivity index is 2.29. The molecule has 4 heteroatoms. The molecule has 0 aromatic carbocycles. The van der Waals surface area contributed by atoms with E-state index in [-0.39, 0.29) is 0 Å². The number of rotatable bonds is 1. The van der Waals surface area contributed by atoms with E-state index < -0.39 is 0 Å². The highest BCUT2D eigenvalue weighted by molar-refractivity contribution is 5.66. The van der Waals surface area contributed by atoms with Crippen LogP contribution < -0.4 is 10.6 Å². The van der Waals surface area contributed by atoms with E-state index in [0.717, 1.165) is 42.1 Å². The molecule has 0 bridgehead atoms. The lowest BCUT2D eigenvalue weighted by Gasteiger charge is -2.36. The van der Waals surface area contributed by atoms with Crippen LogP contribution in [0.3, 0.4) is 0 Å². The summed E-state index contributed by atoms with van der Waals surface area (Å²) >= 11 is 0. The van der Waals surface area contributed by atoms with Gasteiger partial charge in [0.1, 0.15) is 5.82 Å². The van der Waals surface area contributed by atoms with Crippen molar-refractivity contribution in [3.63, 3.8) is 0 Å². The third-order valence-corrected chi connectivity index (χ3v) is 3.41. The molecule has 2 unspecified atom stereocenters. The van der Waals surface area contributed by atoms with Crippen molar-refractivity contribution in [2.75, 3.05) is 23.7 Å². The quantitative estimate of drug-likeness (QED) is 0.788. The van der Waals surface area contributed by atoms with E-state index in [2.05, 4.69) is 23.8 Å². The third-order valence-electron chi connectivity index (χ3n) is 3.41. The molecule has 1 aromatic rings. The highest BCUT2D eigenvalue weighted by atomic mass is 15.4. The highest BCUT2D eigenvalue weighted by Crippen LogP contribution is 2.31. The summed E-state index contributed by atoms with van der Waals surface area (Å²) in [5.41, 5.74) is 7.87. The van der Waals surface area contributed by atoms with Gasteiger partial charge in [0, 0.05) is 20.1 Å². The standard InChI is InChI=1S/C12H22N4/c1-8-5-9(2)7-16(6-8)12-11(13)10(3)14-15(12)4/h8-9H,5-7,13H2,1-4H3. The summed E-state index contributed by atoms with van der Waals surface area (Å²) in [5.74, 6) is 2.56. The molecule has 2 N–H and O–H groups in total. The molecule has 16 heavy (non-hydrogen) atoms. The smallest absolute Gasteiger partial charge is 0.150 e. The lowest BCUT2D eigenvalue weighted by Crippen LogP contribution is -2.40. The minimum Gasteiger partial charge on any atom is -0.394 e. The number of anilines is 2. The minimum atomic E-state index is 0.735. The molecule has 2 atom stereocenters. The van der Waals surface area contributed by atoms with Crippen LogP contribution in [0.4, 0.5) is 11.5 Å². The molecule has 90 valence electrons. The first kappa shape index (κ1) is 11.3. The Bertz CT molecular complexity index is 373. The summed E-state index contributed by atoms with van der Waals surface area (Å²) in [6, 6.07) is 0. The van der Waals surface area contributed by atoms with E-state index in [9.17, 15) is 0 Å². The van der Waals surface area contributed by atoms with Crippen molar-refractivity contribution in [3.05, 3.63) is 5.69 Å². The number of hydrogen-bond acceptors (Lipinski definition) is 3. The number of nitrogens with zero attached hydrogens (tertiary/aromatic N) is 3. The molecular formula is C12H22N4. The molecule has 1 aliphatic heterocycles. The molecule has 0 amide bonds. The fourth-order valence-electron chi connectivity index (χ4n) is 2.87. The van der Waals surface area contributed by atoms with Gasteiger partial charge in [-0.2, -0.15) is 5.10 Å². The number of hydrogen-bond donors (Lipinski definition) is 1. The van der Waals surface area contributed by atoms with Crippen molar-refractivity contribution in [2.24, 2.45) is 18.9 Å². The number of nitrogens with two attached hydrogens (primary N) is 1. The molecule has 1 saturated heterocycles. The Morgan fingerprint density at radius 3 is 2.25 bits per heavy atom. The van der Waals surface area contributed by atoms with Crippen molar-refractivity contribution in [1.29, 1.82) is 0 Å². The minimum absolute atomic E-state index is 0.735. The van der Waals surface area contributed by atoms with Gasteiger partial charge in [-0.25, -0.2) is 0 Å². The zero-order chi connectivity index (χ0) is 11.9. The monoisotopic (exact) mass is 222 g/mol. The number of nitrogen functional groups attached to an aromatic ring is 1. The predicted molar refractivity (Wildman–Crippen MR) is 67.5 cm³/mol. The number of aryl methyl sites for hydroxylation is 2. The Kier molecular flexibility index (Phi) is 2.82. The van der Waals surface area contributed by atoms with Gasteiger partial charge in [0.15, 0.2) is 0 Å². The van der Waals surface area contributed by atoms with E-state index in [4.69, 9.17) is 5.73 Å². The maximum atomic E-state index is 6.10.